The Bertz CT molecular complexity index is 579. The zero-order chi connectivity index (χ0) is 15.9. The first-order valence-corrected chi connectivity index (χ1v) is 7.95. The van der Waals surface area contributed by atoms with E-state index in [2.05, 4.69) is 4.90 Å². The van der Waals surface area contributed by atoms with Gasteiger partial charge in [0.25, 0.3) is 0 Å². The quantitative estimate of drug-likeness (QED) is 0.874. The average Bonchev–Trinajstić information content (AvgIpc) is 2.48. The summed E-state index contributed by atoms with van der Waals surface area (Å²) in [4.78, 5) is 13.8. The van der Waals surface area contributed by atoms with Gasteiger partial charge in [0, 0.05) is 11.1 Å². The van der Waals surface area contributed by atoms with Gasteiger partial charge in [0.1, 0.15) is 17.5 Å². The lowest BCUT2D eigenvalue weighted by Gasteiger charge is -2.47. The first kappa shape index (κ1) is 15.3. The molecule has 2 heterocycles. The van der Waals surface area contributed by atoms with E-state index in [-0.39, 0.29) is 6.04 Å². The molecule has 1 aromatic carbocycles. The highest BCUT2D eigenvalue weighted by molar-refractivity contribution is 5.93. The standard InChI is InChI=1S/C17H24N2O3/c1-17(2)15(20)14(19-8-4-3-5-9-19)12-10-11(16(18)21)6-7-13(12)22-17/h6-7,10,14-15,20H,3-5,8-9H2,1-2H3,(H2,18,21)/t14?,15-/m0/s1. The summed E-state index contributed by atoms with van der Waals surface area (Å²) in [6.45, 7) is 5.72. The van der Waals surface area contributed by atoms with Crippen molar-refractivity contribution >= 4 is 5.91 Å². The maximum atomic E-state index is 11.5. The number of amides is 1. The lowest BCUT2D eigenvalue weighted by Crippen LogP contribution is -2.54. The van der Waals surface area contributed by atoms with Crippen LogP contribution < -0.4 is 10.5 Å². The third kappa shape index (κ3) is 2.59. The summed E-state index contributed by atoms with van der Waals surface area (Å²) >= 11 is 0. The number of primary amides is 1. The van der Waals surface area contributed by atoms with Crippen LogP contribution >= 0.6 is 0 Å². The van der Waals surface area contributed by atoms with E-state index in [1.165, 1.54) is 6.42 Å². The fraction of sp³-hybridized carbons (Fsp3) is 0.588. The van der Waals surface area contributed by atoms with Crippen molar-refractivity contribution in [1.29, 1.82) is 0 Å². The van der Waals surface area contributed by atoms with Gasteiger partial charge in [0.05, 0.1) is 6.04 Å². The highest BCUT2D eigenvalue weighted by atomic mass is 16.5. The third-order valence-corrected chi connectivity index (χ3v) is 4.78. The molecule has 0 spiro atoms. The molecule has 0 aromatic heterocycles. The van der Waals surface area contributed by atoms with Crippen molar-refractivity contribution in [2.24, 2.45) is 5.73 Å². The Kier molecular flexibility index (Phi) is 3.87. The summed E-state index contributed by atoms with van der Waals surface area (Å²) in [5, 5.41) is 10.8. The highest BCUT2D eigenvalue weighted by Gasteiger charge is 2.45. The predicted octanol–water partition coefficient (Wildman–Crippen LogP) is 1.84. The summed E-state index contributed by atoms with van der Waals surface area (Å²) in [7, 11) is 0. The number of ether oxygens (including phenoxy) is 1. The van der Waals surface area contributed by atoms with Gasteiger partial charge < -0.3 is 15.6 Å². The summed E-state index contributed by atoms with van der Waals surface area (Å²) in [6.07, 6.45) is 2.85. The van der Waals surface area contributed by atoms with Crippen LogP contribution in [0.15, 0.2) is 18.2 Å². The number of nitrogens with two attached hydrogens (primary N) is 1. The van der Waals surface area contributed by atoms with E-state index in [1.54, 1.807) is 18.2 Å². The van der Waals surface area contributed by atoms with E-state index in [1.807, 2.05) is 13.8 Å². The molecule has 0 saturated carbocycles. The van der Waals surface area contributed by atoms with Gasteiger partial charge in [-0.2, -0.15) is 0 Å². The second-order valence-corrected chi connectivity index (χ2v) is 6.81. The summed E-state index contributed by atoms with van der Waals surface area (Å²) < 4.78 is 5.96. The van der Waals surface area contributed by atoms with Crippen molar-refractivity contribution in [2.75, 3.05) is 13.1 Å². The monoisotopic (exact) mass is 304 g/mol. The van der Waals surface area contributed by atoms with E-state index in [9.17, 15) is 9.90 Å². The Morgan fingerprint density at radius 2 is 2.00 bits per heavy atom. The SMILES string of the molecule is CC1(C)Oc2ccc(C(N)=O)cc2C(N2CCCCC2)[C@@H]1O. The van der Waals surface area contributed by atoms with Crippen LogP contribution in [0.5, 0.6) is 5.75 Å². The molecule has 0 aliphatic carbocycles. The first-order valence-electron chi connectivity index (χ1n) is 7.95. The number of carbonyl (C=O) groups is 1. The van der Waals surface area contributed by atoms with Gasteiger partial charge in [-0.1, -0.05) is 6.42 Å². The number of aliphatic hydroxyl groups excluding tert-OH is 1. The normalized spacial score (nSPS) is 27.8. The molecule has 3 rings (SSSR count). The molecule has 1 aromatic rings. The molecular formula is C17H24N2O3. The van der Waals surface area contributed by atoms with Gasteiger partial charge in [-0.25, -0.2) is 0 Å². The second-order valence-electron chi connectivity index (χ2n) is 6.81. The number of fused-ring (bicyclic) bond motifs is 1. The van der Waals surface area contributed by atoms with Gasteiger partial charge in [-0.05, 0) is 58.0 Å². The van der Waals surface area contributed by atoms with Gasteiger partial charge >= 0.3 is 0 Å². The van der Waals surface area contributed by atoms with Gasteiger partial charge in [0.2, 0.25) is 5.91 Å². The van der Waals surface area contributed by atoms with Crippen LogP contribution in [0, 0.1) is 0 Å². The Labute approximate surface area is 131 Å². The first-order chi connectivity index (χ1) is 10.4. The van der Waals surface area contributed by atoms with Crippen LogP contribution in [0.3, 0.4) is 0 Å². The largest absolute Gasteiger partial charge is 0.485 e. The number of hydrogen-bond acceptors (Lipinski definition) is 4. The van der Waals surface area contributed by atoms with Crippen LogP contribution in [0.2, 0.25) is 0 Å². The van der Waals surface area contributed by atoms with E-state index in [4.69, 9.17) is 10.5 Å². The smallest absolute Gasteiger partial charge is 0.248 e. The van der Waals surface area contributed by atoms with E-state index < -0.39 is 17.6 Å². The van der Waals surface area contributed by atoms with Gasteiger partial charge in [-0.15, -0.1) is 0 Å². The van der Waals surface area contributed by atoms with Crippen molar-refractivity contribution < 1.29 is 14.6 Å². The topological polar surface area (TPSA) is 75.8 Å². The molecule has 0 bridgehead atoms. The molecule has 0 radical (unpaired) electrons. The van der Waals surface area contributed by atoms with Crippen LogP contribution in [-0.2, 0) is 0 Å². The fourth-order valence-electron chi connectivity index (χ4n) is 3.51. The van der Waals surface area contributed by atoms with Crippen molar-refractivity contribution in [3.05, 3.63) is 29.3 Å². The summed E-state index contributed by atoms with van der Waals surface area (Å²) in [5.41, 5.74) is 6.06. The molecule has 1 unspecified atom stereocenters. The Hall–Kier alpha value is -1.59. The zero-order valence-corrected chi connectivity index (χ0v) is 13.2. The van der Waals surface area contributed by atoms with Gasteiger partial charge in [-0.3, -0.25) is 9.69 Å². The number of benzene rings is 1. The van der Waals surface area contributed by atoms with Crippen LogP contribution in [0.25, 0.3) is 0 Å². The van der Waals surface area contributed by atoms with Gasteiger partial charge in [0.15, 0.2) is 0 Å². The molecule has 1 amide bonds. The van der Waals surface area contributed by atoms with Crippen molar-refractivity contribution in [3.8, 4) is 5.75 Å². The minimum atomic E-state index is -0.663. The van der Waals surface area contributed by atoms with E-state index >= 15 is 0 Å². The Morgan fingerprint density at radius 1 is 1.32 bits per heavy atom. The molecule has 2 aliphatic heterocycles. The van der Waals surface area contributed by atoms with Crippen molar-refractivity contribution in [3.63, 3.8) is 0 Å². The summed E-state index contributed by atoms with van der Waals surface area (Å²) in [6, 6.07) is 5.09. The second kappa shape index (κ2) is 5.56. The number of rotatable bonds is 2. The Balaban J connectivity index is 2.06. The molecule has 3 N–H and O–H groups in total. The number of hydrogen-bond donors (Lipinski definition) is 2. The molecule has 5 heteroatoms. The summed E-state index contributed by atoms with van der Waals surface area (Å²) in [5.74, 6) is 0.274. The van der Waals surface area contributed by atoms with E-state index in [0.29, 0.717) is 5.56 Å². The molecule has 5 nitrogen and oxygen atoms in total. The fourth-order valence-corrected chi connectivity index (χ4v) is 3.51. The number of carbonyl (C=O) groups excluding carboxylic acids is 1. The minimum absolute atomic E-state index is 0.154. The molecular weight excluding hydrogens is 280 g/mol. The minimum Gasteiger partial charge on any atom is -0.485 e. The number of piperidine rings is 1. The molecule has 2 aliphatic rings. The lowest BCUT2D eigenvalue weighted by atomic mass is 9.84. The maximum absolute atomic E-state index is 11.5. The lowest BCUT2D eigenvalue weighted by molar-refractivity contribution is -0.0961. The number of aliphatic hydroxyl groups is 1. The van der Waals surface area contributed by atoms with Crippen LogP contribution in [0.1, 0.15) is 55.1 Å². The van der Waals surface area contributed by atoms with E-state index in [0.717, 1.165) is 37.2 Å². The molecule has 1 fully saturated rings. The zero-order valence-electron chi connectivity index (χ0n) is 13.2. The number of nitrogens with zero attached hydrogens (tertiary/aromatic N) is 1. The molecule has 1 saturated heterocycles. The third-order valence-electron chi connectivity index (χ3n) is 4.78. The molecule has 22 heavy (non-hydrogen) atoms. The van der Waals surface area contributed by atoms with Crippen LogP contribution in [-0.4, -0.2) is 40.7 Å². The predicted molar refractivity (Wildman–Crippen MR) is 83.8 cm³/mol. The molecule has 2 atom stereocenters. The number of likely N-dealkylation sites (tertiary alicyclic amines) is 1. The highest BCUT2D eigenvalue weighted by Crippen LogP contribution is 2.43. The van der Waals surface area contributed by atoms with Crippen molar-refractivity contribution in [2.45, 2.75) is 50.9 Å². The molecule has 120 valence electrons. The van der Waals surface area contributed by atoms with Crippen LogP contribution in [0.4, 0.5) is 0 Å². The Morgan fingerprint density at radius 3 is 2.64 bits per heavy atom. The van der Waals surface area contributed by atoms with Crippen molar-refractivity contribution in [1.82, 2.24) is 4.90 Å². The average molecular weight is 304 g/mol. The maximum Gasteiger partial charge on any atom is 0.248 e.